The fourth-order valence-corrected chi connectivity index (χ4v) is 3.33. The maximum atomic E-state index is 3.61. The predicted octanol–water partition coefficient (Wildman–Crippen LogP) is 5.33. The van der Waals surface area contributed by atoms with Crippen molar-refractivity contribution in [2.45, 2.75) is 0 Å². The maximum Gasteiger partial charge on any atom is 0.0349 e. The van der Waals surface area contributed by atoms with Gasteiger partial charge >= 0.3 is 0 Å². The minimum absolute atomic E-state index is 1.15. The number of fused-ring (bicyclic) bond motifs is 1. The van der Waals surface area contributed by atoms with Gasteiger partial charge in [0, 0.05) is 20.1 Å². The Kier molecular flexibility index (Phi) is 2.54. The standard InChI is InChI=1S/C14H9BrS/c15-13-7-3-1-5-10(13)12-9-16-14-8-4-2-6-11(12)14/h1-9H. The van der Waals surface area contributed by atoms with E-state index < -0.39 is 0 Å². The summed E-state index contributed by atoms with van der Waals surface area (Å²) in [6, 6.07) is 16.9. The molecule has 0 bridgehead atoms. The molecule has 0 nitrogen and oxygen atoms in total. The van der Waals surface area contributed by atoms with Crippen LogP contribution in [0.5, 0.6) is 0 Å². The number of hydrogen-bond donors (Lipinski definition) is 0. The molecule has 1 heterocycles. The highest BCUT2D eigenvalue weighted by atomic mass is 79.9. The van der Waals surface area contributed by atoms with Crippen LogP contribution in [0.2, 0.25) is 0 Å². The Balaban J connectivity index is 2.31. The van der Waals surface area contributed by atoms with Crippen molar-refractivity contribution in [3.63, 3.8) is 0 Å². The van der Waals surface area contributed by atoms with Crippen LogP contribution in [0.15, 0.2) is 58.4 Å². The van der Waals surface area contributed by atoms with Crippen molar-refractivity contribution in [2.24, 2.45) is 0 Å². The van der Waals surface area contributed by atoms with Crippen LogP contribution in [0.3, 0.4) is 0 Å². The van der Waals surface area contributed by atoms with Gasteiger partial charge in [-0.25, -0.2) is 0 Å². The van der Waals surface area contributed by atoms with Gasteiger partial charge in [-0.15, -0.1) is 11.3 Å². The van der Waals surface area contributed by atoms with Crippen molar-refractivity contribution < 1.29 is 0 Å². The van der Waals surface area contributed by atoms with E-state index in [2.05, 4.69) is 63.8 Å². The quantitative estimate of drug-likeness (QED) is 0.568. The fraction of sp³-hybridized carbons (Fsp3) is 0. The van der Waals surface area contributed by atoms with Crippen molar-refractivity contribution in [3.8, 4) is 11.1 Å². The Morgan fingerprint density at radius 3 is 2.44 bits per heavy atom. The SMILES string of the molecule is Brc1ccccc1-c1csc2ccccc12. The molecule has 3 rings (SSSR count). The molecule has 0 saturated heterocycles. The first-order valence-corrected chi connectivity index (χ1v) is 6.74. The zero-order valence-electron chi connectivity index (χ0n) is 8.48. The molecular formula is C14H9BrS. The van der Waals surface area contributed by atoms with Gasteiger partial charge in [0.05, 0.1) is 0 Å². The molecule has 1 aromatic heterocycles. The first-order valence-electron chi connectivity index (χ1n) is 5.07. The Morgan fingerprint density at radius 2 is 1.56 bits per heavy atom. The van der Waals surface area contributed by atoms with E-state index in [-0.39, 0.29) is 0 Å². The summed E-state index contributed by atoms with van der Waals surface area (Å²) in [5.74, 6) is 0. The molecule has 0 saturated carbocycles. The Hall–Kier alpha value is -1.12. The molecule has 2 heteroatoms. The molecule has 0 amide bonds. The van der Waals surface area contributed by atoms with Crippen LogP contribution >= 0.6 is 27.3 Å². The van der Waals surface area contributed by atoms with Gasteiger partial charge in [-0.2, -0.15) is 0 Å². The van der Waals surface area contributed by atoms with Crippen molar-refractivity contribution in [1.82, 2.24) is 0 Å². The molecule has 0 unspecified atom stereocenters. The van der Waals surface area contributed by atoms with E-state index >= 15 is 0 Å². The predicted molar refractivity (Wildman–Crippen MR) is 75.0 cm³/mol. The van der Waals surface area contributed by atoms with E-state index in [0.29, 0.717) is 0 Å². The van der Waals surface area contributed by atoms with Crippen LogP contribution in [0.1, 0.15) is 0 Å². The second-order valence-corrected chi connectivity index (χ2v) is 5.39. The molecule has 3 aromatic rings. The summed E-state index contributed by atoms with van der Waals surface area (Å²) < 4.78 is 2.49. The first-order chi connectivity index (χ1) is 7.86. The van der Waals surface area contributed by atoms with Crippen LogP contribution in [-0.2, 0) is 0 Å². The molecule has 0 aliphatic heterocycles. The fourth-order valence-electron chi connectivity index (χ4n) is 1.87. The van der Waals surface area contributed by atoms with Crippen LogP contribution in [0.4, 0.5) is 0 Å². The summed E-state index contributed by atoms with van der Waals surface area (Å²) >= 11 is 5.40. The van der Waals surface area contributed by atoms with Gasteiger partial charge in [-0.3, -0.25) is 0 Å². The van der Waals surface area contributed by atoms with Gasteiger partial charge in [0.15, 0.2) is 0 Å². The van der Waals surface area contributed by atoms with Crippen molar-refractivity contribution in [3.05, 3.63) is 58.4 Å². The van der Waals surface area contributed by atoms with Crippen LogP contribution < -0.4 is 0 Å². The number of hydrogen-bond acceptors (Lipinski definition) is 1. The van der Waals surface area contributed by atoms with Crippen molar-refractivity contribution in [2.75, 3.05) is 0 Å². The zero-order valence-corrected chi connectivity index (χ0v) is 10.9. The monoisotopic (exact) mass is 288 g/mol. The van der Waals surface area contributed by atoms with E-state index in [1.807, 2.05) is 6.07 Å². The molecule has 0 atom stereocenters. The van der Waals surface area contributed by atoms with Gasteiger partial charge < -0.3 is 0 Å². The highest BCUT2D eigenvalue weighted by molar-refractivity contribution is 9.10. The van der Waals surface area contributed by atoms with Gasteiger partial charge in [0.25, 0.3) is 0 Å². The smallest absolute Gasteiger partial charge is 0.0349 e. The van der Waals surface area contributed by atoms with Gasteiger partial charge in [0.2, 0.25) is 0 Å². The lowest BCUT2D eigenvalue weighted by molar-refractivity contribution is 1.63. The summed E-state index contributed by atoms with van der Waals surface area (Å²) in [5.41, 5.74) is 2.58. The average Bonchev–Trinajstić information content (AvgIpc) is 2.74. The first kappa shape index (κ1) is 10.1. The number of benzene rings is 2. The largest absolute Gasteiger partial charge is 0.143 e. The second-order valence-electron chi connectivity index (χ2n) is 3.63. The molecule has 0 aliphatic rings. The Labute approximate surface area is 107 Å². The normalized spacial score (nSPS) is 10.8. The summed E-state index contributed by atoms with van der Waals surface area (Å²) in [7, 11) is 0. The van der Waals surface area contributed by atoms with Crippen molar-refractivity contribution in [1.29, 1.82) is 0 Å². The number of halogens is 1. The van der Waals surface area contributed by atoms with Gasteiger partial charge in [0.1, 0.15) is 0 Å². The number of thiophene rings is 1. The highest BCUT2D eigenvalue weighted by Gasteiger charge is 2.07. The number of rotatable bonds is 1. The third-order valence-electron chi connectivity index (χ3n) is 2.65. The molecule has 0 N–H and O–H groups in total. The van der Waals surface area contributed by atoms with Gasteiger partial charge in [-0.05, 0) is 23.1 Å². The zero-order chi connectivity index (χ0) is 11.0. The molecule has 0 radical (unpaired) electrons. The lowest BCUT2D eigenvalue weighted by Crippen LogP contribution is -1.76. The van der Waals surface area contributed by atoms with E-state index in [1.165, 1.54) is 21.2 Å². The lowest BCUT2D eigenvalue weighted by Gasteiger charge is -2.02. The summed E-state index contributed by atoms with van der Waals surface area (Å²) in [6.45, 7) is 0. The van der Waals surface area contributed by atoms with Crippen molar-refractivity contribution >= 4 is 37.4 Å². The molecule has 0 spiro atoms. The minimum Gasteiger partial charge on any atom is -0.143 e. The van der Waals surface area contributed by atoms with Crippen LogP contribution in [-0.4, -0.2) is 0 Å². The van der Waals surface area contributed by atoms with Crippen LogP contribution in [0.25, 0.3) is 21.2 Å². The molecule has 16 heavy (non-hydrogen) atoms. The molecule has 78 valence electrons. The highest BCUT2D eigenvalue weighted by Crippen LogP contribution is 2.37. The molecule has 0 fully saturated rings. The minimum atomic E-state index is 1.15. The van der Waals surface area contributed by atoms with E-state index in [1.54, 1.807) is 11.3 Å². The van der Waals surface area contributed by atoms with Gasteiger partial charge in [-0.1, -0.05) is 52.3 Å². The summed E-state index contributed by atoms with van der Waals surface area (Å²) in [4.78, 5) is 0. The molecule has 2 aromatic carbocycles. The second kappa shape index (κ2) is 4.04. The Bertz CT molecular complexity index is 640. The molecule has 0 aliphatic carbocycles. The van der Waals surface area contributed by atoms with E-state index in [9.17, 15) is 0 Å². The summed E-state index contributed by atoms with van der Waals surface area (Å²) in [6.07, 6.45) is 0. The van der Waals surface area contributed by atoms with E-state index in [4.69, 9.17) is 0 Å². The van der Waals surface area contributed by atoms with E-state index in [0.717, 1.165) is 4.47 Å². The summed E-state index contributed by atoms with van der Waals surface area (Å²) in [5, 5.41) is 3.56. The van der Waals surface area contributed by atoms with Crippen LogP contribution in [0, 0.1) is 0 Å². The third kappa shape index (κ3) is 1.58. The Morgan fingerprint density at radius 1 is 0.812 bits per heavy atom. The topological polar surface area (TPSA) is 0 Å². The third-order valence-corrected chi connectivity index (χ3v) is 4.30. The maximum absolute atomic E-state index is 3.61. The lowest BCUT2D eigenvalue weighted by atomic mass is 10.1. The average molecular weight is 289 g/mol. The molecular weight excluding hydrogens is 280 g/mol.